The average molecular weight is 214 g/mol. The standard InChI is InChI=1S/C9H14N2O2S/c1-9(2,3)13-8(12)10-11-6-4-5-7-14-11/h4-7H,1-3H3,(H,10,12). The monoisotopic (exact) mass is 214 g/mol. The molecule has 14 heavy (non-hydrogen) atoms. The molecule has 0 bridgehead atoms. The minimum Gasteiger partial charge on any atom is -0.443 e. The summed E-state index contributed by atoms with van der Waals surface area (Å²) in [4.78, 5) is 11.3. The molecule has 0 saturated carbocycles. The van der Waals surface area contributed by atoms with E-state index in [4.69, 9.17) is 4.74 Å². The number of hydrogen-bond acceptors (Lipinski definition) is 4. The smallest absolute Gasteiger partial charge is 0.427 e. The van der Waals surface area contributed by atoms with E-state index in [0.29, 0.717) is 0 Å². The van der Waals surface area contributed by atoms with E-state index in [0.717, 1.165) is 0 Å². The number of allylic oxidation sites excluding steroid dienone is 2. The molecule has 1 N–H and O–H groups in total. The highest BCUT2D eigenvalue weighted by Crippen LogP contribution is 2.14. The SMILES string of the molecule is CC(C)(C)OC(=O)NN1C=CC=CS1. The predicted octanol–water partition coefficient (Wildman–Crippen LogP) is 2.42. The van der Waals surface area contributed by atoms with Gasteiger partial charge in [0.15, 0.2) is 0 Å². The summed E-state index contributed by atoms with van der Waals surface area (Å²) in [6.07, 6.45) is 5.00. The third-order valence-electron chi connectivity index (χ3n) is 1.19. The molecule has 78 valence electrons. The number of hydrazine groups is 1. The number of hydrogen-bond donors (Lipinski definition) is 1. The van der Waals surface area contributed by atoms with Gasteiger partial charge in [0.1, 0.15) is 5.60 Å². The van der Waals surface area contributed by atoms with Gasteiger partial charge in [0, 0.05) is 18.1 Å². The molecule has 1 aliphatic heterocycles. The van der Waals surface area contributed by atoms with Crippen molar-refractivity contribution in [3.8, 4) is 0 Å². The molecular weight excluding hydrogens is 200 g/mol. The first-order valence-corrected chi connectivity index (χ1v) is 5.10. The number of amides is 1. The Labute approximate surface area is 88.1 Å². The second-order valence-corrected chi connectivity index (χ2v) is 4.59. The van der Waals surface area contributed by atoms with Gasteiger partial charge < -0.3 is 4.74 Å². The second-order valence-electron chi connectivity index (χ2n) is 3.71. The maximum Gasteiger partial charge on any atom is 0.427 e. The molecule has 1 amide bonds. The molecule has 0 aromatic rings. The first-order chi connectivity index (χ1) is 6.47. The molecule has 1 heterocycles. The minimum absolute atomic E-state index is 0.454. The highest BCUT2D eigenvalue weighted by molar-refractivity contribution is 8.00. The summed E-state index contributed by atoms with van der Waals surface area (Å²) in [5.41, 5.74) is 2.10. The van der Waals surface area contributed by atoms with E-state index in [9.17, 15) is 4.79 Å². The lowest BCUT2D eigenvalue weighted by Crippen LogP contribution is -2.38. The van der Waals surface area contributed by atoms with Crippen molar-refractivity contribution in [2.75, 3.05) is 0 Å². The zero-order valence-corrected chi connectivity index (χ0v) is 9.30. The van der Waals surface area contributed by atoms with Crippen LogP contribution in [0, 0.1) is 0 Å². The topological polar surface area (TPSA) is 41.6 Å². The fourth-order valence-electron chi connectivity index (χ4n) is 0.764. The van der Waals surface area contributed by atoms with E-state index in [1.165, 1.54) is 11.9 Å². The van der Waals surface area contributed by atoms with E-state index in [2.05, 4.69) is 5.43 Å². The van der Waals surface area contributed by atoms with Gasteiger partial charge in [-0.1, -0.05) is 6.08 Å². The van der Waals surface area contributed by atoms with Crippen LogP contribution in [0.1, 0.15) is 20.8 Å². The lowest BCUT2D eigenvalue weighted by atomic mass is 10.2. The number of nitrogens with one attached hydrogen (secondary N) is 1. The molecular formula is C9H14N2O2S. The van der Waals surface area contributed by atoms with E-state index >= 15 is 0 Å². The Balaban J connectivity index is 2.34. The maximum atomic E-state index is 11.3. The summed E-state index contributed by atoms with van der Waals surface area (Å²) >= 11 is 1.37. The third kappa shape index (κ3) is 4.23. The molecule has 5 heteroatoms. The Kier molecular flexibility index (Phi) is 3.46. The van der Waals surface area contributed by atoms with Crippen LogP contribution in [0.4, 0.5) is 4.79 Å². The van der Waals surface area contributed by atoms with Crippen LogP contribution in [-0.2, 0) is 4.74 Å². The molecule has 0 radical (unpaired) electrons. The summed E-state index contributed by atoms with van der Waals surface area (Å²) < 4.78 is 6.65. The summed E-state index contributed by atoms with van der Waals surface area (Å²) in [5, 5.41) is 1.86. The third-order valence-corrected chi connectivity index (χ3v) is 1.90. The Morgan fingerprint density at radius 1 is 1.43 bits per heavy atom. The quantitative estimate of drug-likeness (QED) is 0.681. The van der Waals surface area contributed by atoms with Crippen molar-refractivity contribution in [1.82, 2.24) is 9.84 Å². The molecule has 0 saturated heterocycles. The normalized spacial score (nSPS) is 15.5. The zero-order valence-electron chi connectivity index (χ0n) is 8.48. The van der Waals surface area contributed by atoms with Crippen molar-refractivity contribution in [2.24, 2.45) is 0 Å². The maximum absolute atomic E-state index is 11.3. The fourth-order valence-corrected chi connectivity index (χ4v) is 1.32. The lowest BCUT2D eigenvalue weighted by molar-refractivity contribution is 0.0464. The molecule has 0 fully saturated rings. The van der Waals surface area contributed by atoms with Crippen LogP contribution in [-0.4, -0.2) is 16.1 Å². The molecule has 0 aromatic heterocycles. The van der Waals surface area contributed by atoms with Gasteiger partial charge in [-0.2, -0.15) is 0 Å². The van der Waals surface area contributed by atoms with Crippen molar-refractivity contribution >= 4 is 18.0 Å². The number of carbonyl (C=O) groups excluding carboxylic acids is 1. The van der Waals surface area contributed by atoms with E-state index in [-0.39, 0.29) is 0 Å². The molecule has 0 spiro atoms. The summed E-state index contributed by atoms with van der Waals surface area (Å²) in [6.45, 7) is 5.48. The lowest BCUT2D eigenvalue weighted by Gasteiger charge is -2.24. The molecule has 4 nitrogen and oxygen atoms in total. The van der Waals surface area contributed by atoms with E-state index in [1.807, 2.05) is 38.3 Å². The summed E-state index contributed by atoms with van der Waals surface area (Å²) in [7, 11) is 0. The van der Waals surface area contributed by atoms with Crippen LogP contribution < -0.4 is 5.43 Å². The Morgan fingerprint density at radius 2 is 2.14 bits per heavy atom. The Hall–Kier alpha value is -1.10. The van der Waals surface area contributed by atoms with E-state index < -0.39 is 11.7 Å². The molecule has 0 aliphatic carbocycles. The number of ether oxygens (including phenoxy) is 1. The van der Waals surface area contributed by atoms with Gasteiger partial charge in [-0.3, -0.25) is 0 Å². The number of carbonyl (C=O) groups is 1. The largest absolute Gasteiger partial charge is 0.443 e. The fraction of sp³-hybridized carbons (Fsp3) is 0.444. The highest BCUT2D eigenvalue weighted by Gasteiger charge is 2.17. The second kappa shape index (κ2) is 4.41. The molecule has 0 atom stereocenters. The van der Waals surface area contributed by atoms with E-state index in [1.54, 1.807) is 10.6 Å². The first-order valence-electron chi connectivity index (χ1n) is 4.26. The van der Waals surface area contributed by atoms with Gasteiger partial charge >= 0.3 is 6.09 Å². The molecule has 1 rings (SSSR count). The van der Waals surface area contributed by atoms with Gasteiger partial charge in [-0.15, -0.1) is 0 Å². The van der Waals surface area contributed by atoms with Gasteiger partial charge in [-0.05, 0) is 32.3 Å². The van der Waals surface area contributed by atoms with Crippen LogP contribution in [0.25, 0.3) is 0 Å². The summed E-state index contributed by atoms with van der Waals surface area (Å²) in [5.74, 6) is 0. The van der Waals surface area contributed by atoms with Crippen LogP contribution in [0.3, 0.4) is 0 Å². The molecule has 0 aromatic carbocycles. The van der Waals surface area contributed by atoms with Crippen molar-refractivity contribution in [2.45, 2.75) is 26.4 Å². The van der Waals surface area contributed by atoms with Gasteiger partial charge in [0.05, 0.1) is 0 Å². The van der Waals surface area contributed by atoms with Crippen molar-refractivity contribution in [3.63, 3.8) is 0 Å². The van der Waals surface area contributed by atoms with Crippen LogP contribution in [0.15, 0.2) is 23.8 Å². The van der Waals surface area contributed by atoms with Crippen molar-refractivity contribution in [1.29, 1.82) is 0 Å². The Bertz CT molecular complexity index is 268. The zero-order chi connectivity index (χ0) is 10.6. The summed E-state index contributed by atoms with van der Waals surface area (Å²) in [6, 6.07) is 0. The highest BCUT2D eigenvalue weighted by atomic mass is 32.2. The van der Waals surface area contributed by atoms with Crippen molar-refractivity contribution < 1.29 is 9.53 Å². The van der Waals surface area contributed by atoms with Crippen LogP contribution in [0.2, 0.25) is 0 Å². The van der Waals surface area contributed by atoms with Crippen LogP contribution in [0.5, 0.6) is 0 Å². The number of nitrogens with zero attached hydrogens (tertiary/aromatic N) is 1. The molecule has 1 aliphatic rings. The average Bonchev–Trinajstić information content (AvgIpc) is 2.02. The molecule has 0 unspecified atom stereocenters. The van der Waals surface area contributed by atoms with Crippen molar-refractivity contribution in [3.05, 3.63) is 23.8 Å². The van der Waals surface area contributed by atoms with Gasteiger partial charge in [0.2, 0.25) is 0 Å². The van der Waals surface area contributed by atoms with Crippen LogP contribution >= 0.6 is 11.9 Å². The first kappa shape index (κ1) is 11.0. The van der Waals surface area contributed by atoms with Gasteiger partial charge in [0.25, 0.3) is 0 Å². The Morgan fingerprint density at radius 3 is 2.64 bits per heavy atom. The van der Waals surface area contributed by atoms with Gasteiger partial charge in [-0.25, -0.2) is 14.6 Å². The number of rotatable bonds is 1. The predicted molar refractivity (Wildman–Crippen MR) is 57.1 cm³/mol. The minimum atomic E-state index is -0.468.